The molecule has 2 nitrogen and oxygen atoms in total. The van der Waals surface area contributed by atoms with Crippen molar-refractivity contribution in [3.63, 3.8) is 0 Å². The first kappa shape index (κ1) is 13.6. The summed E-state index contributed by atoms with van der Waals surface area (Å²) in [5.41, 5.74) is 1.44. The summed E-state index contributed by atoms with van der Waals surface area (Å²) in [6.45, 7) is 2.58. The van der Waals surface area contributed by atoms with Crippen LogP contribution in [0.15, 0.2) is 30.3 Å². The fourth-order valence-corrected chi connectivity index (χ4v) is 2.97. The zero-order valence-corrected chi connectivity index (χ0v) is 11.3. The highest BCUT2D eigenvalue weighted by molar-refractivity contribution is 5.14. The summed E-state index contributed by atoms with van der Waals surface area (Å²) < 4.78 is 0. The normalized spacial score (nSPS) is 25.2. The minimum Gasteiger partial charge on any atom is -0.392 e. The minimum absolute atomic E-state index is 0.236. The standard InChI is InChI=1S/C16H25NO/c1-13(18)12-17-16-9-5-8-15(16)11-10-14-6-3-2-4-7-14/h2-4,6-7,13,15-18H,5,8-12H2,1H3. The molecule has 1 aromatic rings. The summed E-state index contributed by atoms with van der Waals surface area (Å²) in [4.78, 5) is 0. The van der Waals surface area contributed by atoms with E-state index in [9.17, 15) is 5.11 Å². The number of aliphatic hydroxyl groups is 1. The van der Waals surface area contributed by atoms with E-state index in [0.717, 1.165) is 12.5 Å². The van der Waals surface area contributed by atoms with E-state index >= 15 is 0 Å². The first-order valence-electron chi connectivity index (χ1n) is 7.21. The van der Waals surface area contributed by atoms with Gasteiger partial charge < -0.3 is 10.4 Å². The fourth-order valence-electron chi connectivity index (χ4n) is 2.97. The third-order valence-corrected chi connectivity index (χ3v) is 3.98. The van der Waals surface area contributed by atoms with Crippen molar-refractivity contribution in [2.75, 3.05) is 6.54 Å². The molecule has 3 unspecified atom stereocenters. The average molecular weight is 247 g/mol. The first-order valence-corrected chi connectivity index (χ1v) is 7.21. The van der Waals surface area contributed by atoms with Gasteiger partial charge in [-0.25, -0.2) is 0 Å². The highest BCUT2D eigenvalue weighted by Gasteiger charge is 2.26. The maximum absolute atomic E-state index is 9.34. The number of rotatable bonds is 6. The summed E-state index contributed by atoms with van der Waals surface area (Å²) in [6.07, 6.45) is 6.15. The van der Waals surface area contributed by atoms with Gasteiger partial charge >= 0.3 is 0 Å². The Morgan fingerprint density at radius 1 is 1.28 bits per heavy atom. The maximum Gasteiger partial charge on any atom is 0.0636 e. The van der Waals surface area contributed by atoms with Crippen molar-refractivity contribution in [2.45, 2.75) is 51.2 Å². The van der Waals surface area contributed by atoms with Gasteiger partial charge in [0.15, 0.2) is 0 Å². The van der Waals surface area contributed by atoms with Crippen molar-refractivity contribution >= 4 is 0 Å². The molecule has 100 valence electrons. The van der Waals surface area contributed by atoms with Gasteiger partial charge in [0.25, 0.3) is 0 Å². The first-order chi connectivity index (χ1) is 8.75. The van der Waals surface area contributed by atoms with Gasteiger partial charge in [0.1, 0.15) is 0 Å². The van der Waals surface area contributed by atoms with Gasteiger partial charge in [-0.3, -0.25) is 0 Å². The Morgan fingerprint density at radius 2 is 2.06 bits per heavy atom. The number of nitrogens with one attached hydrogen (secondary N) is 1. The van der Waals surface area contributed by atoms with Gasteiger partial charge in [0, 0.05) is 12.6 Å². The van der Waals surface area contributed by atoms with Crippen LogP contribution in [0.3, 0.4) is 0 Å². The lowest BCUT2D eigenvalue weighted by molar-refractivity contribution is 0.181. The van der Waals surface area contributed by atoms with Gasteiger partial charge in [0.2, 0.25) is 0 Å². The van der Waals surface area contributed by atoms with Gasteiger partial charge in [0.05, 0.1) is 6.10 Å². The molecule has 0 spiro atoms. The summed E-state index contributed by atoms with van der Waals surface area (Å²) in [7, 11) is 0. The number of aryl methyl sites for hydroxylation is 1. The average Bonchev–Trinajstić information content (AvgIpc) is 2.82. The third kappa shape index (κ3) is 4.11. The summed E-state index contributed by atoms with van der Waals surface area (Å²) in [5.74, 6) is 0.781. The van der Waals surface area contributed by atoms with E-state index in [-0.39, 0.29) is 6.10 Å². The Morgan fingerprint density at radius 3 is 2.78 bits per heavy atom. The third-order valence-electron chi connectivity index (χ3n) is 3.98. The summed E-state index contributed by atoms with van der Waals surface area (Å²) in [5, 5.41) is 12.9. The SMILES string of the molecule is CC(O)CNC1CCCC1CCc1ccccc1. The highest BCUT2D eigenvalue weighted by Crippen LogP contribution is 2.29. The molecular formula is C16H25NO. The quantitative estimate of drug-likeness (QED) is 0.810. The van der Waals surface area contributed by atoms with Crippen molar-refractivity contribution in [2.24, 2.45) is 5.92 Å². The highest BCUT2D eigenvalue weighted by atomic mass is 16.3. The van der Waals surface area contributed by atoms with Crippen LogP contribution in [0.1, 0.15) is 38.2 Å². The molecule has 2 N–H and O–H groups in total. The number of hydrogen-bond acceptors (Lipinski definition) is 2. The molecule has 1 saturated carbocycles. The van der Waals surface area contributed by atoms with E-state index in [0.29, 0.717) is 6.04 Å². The monoisotopic (exact) mass is 247 g/mol. The number of hydrogen-bond donors (Lipinski definition) is 2. The zero-order chi connectivity index (χ0) is 12.8. The van der Waals surface area contributed by atoms with Crippen LogP contribution in [0.4, 0.5) is 0 Å². The van der Waals surface area contributed by atoms with Crippen LogP contribution in [0.2, 0.25) is 0 Å². The zero-order valence-electron chi connectivity index (χ0n) is 11.3. The molecular weight excluding hydrogens is 222 g/mol. The second kappa shape index (κ2) is 6.91. The van der Waals surface area contributed by atoms with Crippen LogP contribution in [-0.2, 0) is 6.42 Å². The number of benzene rings is 1. The Balaban J connectivity index is 1.77. The molecule has 2 rings (SSSR count). The molecule has 0 saturated heterocycles. The molecule has 1 aliphatic carbocycles. The smallest absolute Gasteiger partial charge is 0.0636 e. The van der Waals surface area contributed by atoms with Crippen LogP contribution in [0, 0.1) is 5.92 Å². The van der Waals surface area contributed by atoms with Crippen molar-refractivity contribution in [1.82, 2.24) is 5.32 Å². The van der Waals surface area contributed by atoms with Crippen LogP contribution >= 0.6 is 0 Å². The lowest BCUT2D eigenvalue weighted by atomic mass is 9.95. The van der Waals surface area contributed by atoms with Crippen LogP contribution in [0.5, 0.6) is 0 Å². The summed E-state index contributed by atoms with van der Waals surface area (Å²) >= 11 is 0. The number of aliphatic hydroxyl groups excluding tert-OH is 1. The van der Waals surface area contributed by atoms with E-state index < -0.39 is 0 Å². The van der Waals surface area contributed by atoms with Gasteiger partial charge in [-0.2, -0.15) is 0 Å². The fraction of sp³-hybridized carbons (Fsp3) is 0.625. The van der Waals surface area contributed by atoms with E-state index in [1.807, 2.05) is 6.92 Å². The van der Waals surface area contributed by atoms with Crippen LogP contribution < -0.4 is 5.32 Å². The van der Waals surface area contributed by atoms with E-state index in [1.165, 1.54) is 37.7 Å². The predicted octanol–water partition coefficient (Wildman–Crippen LogP) is 2.76. The van der Waals surface area contributed by atoms with Gasteiger partial charge in [-0.05, 0) is 44.1 Å². The van der Waals surface area contributed by atoms with Crippen LogP contribution in [0.25, 0.3) is 0 Å². The second-order valence-electron chi connectivity index (χ2n) is 5.58. The van der Waals surface area contributed by atoms with Crippen LogP contribution in [-0.4, -0.2) is 23.8 Å². The molecule has 0 heterocycles. The summed E-state index contributed by atoms with van der Waals surface area (Å²) in [6, 6.07) is 11.4. The van der Waals surface area contributed by atoms with E-state index in [4.69, 9.17) is 0 Å². The Bertz CT molecular complexity index is 336. The maximum atomic E-state index is 9.34. The lowest BCUT2D eigenvalue weighted by Gasteiger charge is -2.22. The van der Waals surface area contributed by atoms with Gasteiger partial charge in [-0.15, -0.1) is 0 Å². The molecule has 0 bridgehead atoms. The molecule has 2 heteroatoms. The molecule has 1 aromatic carbocycles. The molecule has 1 fully saturated rings. The predicted molar refractivity (Wildman–Crippen MR) is 75.6 cm³/mol. The topological polar surface area (TPSA) is 32.3 Å². The minimum atomic E-state index is -0.236. The Labute approximate surface area is 110 Å². The largest absolute Gasteiger partial charge is 0.392 e. The molecule has 18 heavy (non-hydrogen) atoms. The Kier molecular flexibility index (Phi) is 5.21. The molecule has 3 atom stereocenters. The van der Waals surface area contributed by atoms with E-state index in [2.05, 4.69) is 35.6 Å². The molecule has 1 aliphatic rings. The van der Waals surface area contributed by atoms with Crippen molar-refractivity contribution in [1.29, 1.82) is 0 Å². The molecule has 0 radical (unpaired) electrons. The van der Waals surface area contributed by atoms with E-state index in [1.54, 1.807) is 0 Å². The Hall–Kier alpha value is -0.860. The lowest BCUT2D eigenvalue weighted by Crippen LogP contribution is -2.37. The van der Waals surface area contributed by atoms with Crippen molar-refractivity contribution in [3.05, 3.63) is 35.9 Å². The molecule has 0 amide bonds. The van der Waals surface area contributed by atoms with Crippen molar-refractivity contribution < 1.29 is 5.11 Å². The molecule has 0 aromatic heterocycles. The second-order valence-corrected chi connectivity index (χ2v) is 5.58. The molecule has 0 aliphatic heterocycles. The van der Waals surface area contributed by atoms with Gasteiger partial charge in [-0.1, -0.05) is 36.8 Å². The van der Waals surface area contributed by atoms with Crippen molar-refractivity contribution in [3.8, 4) is 0 Å².